The normalized spacial score (nSPS) is 17.6. The van der Waals surface area contributed by atoms with Crippen LogP contribution < -0.4 is 4.57 Å². The largest absolute Gasteiger partial charge is 0.208 e. The van der Waals surface area contributed by atoms with Gasteiger partial charge in [0.15, 0.2) is 12.2 Å². The Hall–Kier alpha value is -1.11. The maximum atomic E-state index is 2.57. The van der Waals surface area contributed by atoms with Crippen molar-refractivity contribution in [2.45, 2.75) is 66.3 Å². The van der Waals surface area contributed by atoms with Crippen LogP contribution in [0.3, 0.4) is 0 Å². The van der Waals surface area contributed by atoms with Gasteiger partial charge in [0, 0.05) is 29.5 Å². The van der Waals surface area contributed by atoms with Gasteiger partial charge in [-0.05, 0) is 26.3 Å². The minimum atomic E-state index is 0.660. The van der Waals surface area contributed by atoms with Gasteiger partial charge in [-0.2, -0.15) is 4.57 Å². The molecule has 0 aliphatic carbocycles. The molecule has 1 nitrogen and oxygen atoms in total. The molecular weight excluding hydrogens is 230 g/mol. The topological polar surface area (TPSA) is 3.88 Å². The van der Waals surface area contributed by atoms with E-state index >= 15 is 0 Å². The van der Waals surface area contributed by atoms with E-state index in [1.54, 1.807) is 5.69 Å². The molecule has 0 saturated carbocycles. The van der Waals surface area contributed by atoms with Crippen LogP contribution in [0.2, 0.25) is 0 Å². The van der Waals surface area contributed by atoms with E-state index in [2.05, 4.69) is 50.5 Å². The second-order valence-corrected chi connectivity index (χ2v) is 6.10. The highest BCUT2D eigenvalue weighted by atomic mass is 15.0. The van der Waals surface area contributed by atoms with Crippen molar-refractivity contribution < 1.29 is 4.57 Å². The van der Waals surface area contributed by atoms with Crippen LogP contribution in [0.15, 0.2) is 12.1 Å². The van der Waals surface area contributed by atoms with Crippen LogP contribution in [0.25, 0.3) is 6.08 Å². The Morgan fingerprint density at radius 3 is 2.68 bits per heavy atom. The molecule has 1 unspecified atom stereocenters. The smallest absolute Gasteiger partial charge is 0.195 e. The van der Waals surface area contributed by atoms with Crippen LogP contribution in [0.5, 0.6) is 0 Å². The molecule has 1 aromatic heterocycles. The van der Waals surface area contributed by atoms with Gasteiger partial charge in [-0.1, -0.05) is 39.2 Å². The molecule has 0 saturated heterocycles. The van der Waals surface area contributed by atoms with Gasteiger partial charge >= 0.3 is 0 Å². The van der Waals surface area contributed by atoms with Crippen molar-refractivity contribution >= 4 is 6.08 Å². The molecule has 0 fully saturated rings. The summed E-state index contributed by atoms with van der Waals surface area (Å²) >= 11 is 0. The second-order valence-electron chi connectivity index (χ2n) is 6.10. The first kappa shape index (κ1) is 14.3. The van der Waals surface area contributed by atoms with E-state index in [0.29, 0.717) is 5.92 Å². The lowest BCUT2D eigenvalue weighted by atomic mass is 9.98. The van der Waals surface area contributed by atoms with Gasteiger partial charge in [0.1, 0.15) is 0 Å². The number of rotatable bonds is 5. The van der Waals surface area contributed by atoms with Gasteiger partial charge < -0.3 is 0 Å². The fourth-order valence-corrected chi connectivity index (χ4v) is 3.14. The van der Waals surface area contributed by atoms with Gasteiger partial charge in [-0.25, -0.2) is 0 Å². The zero-order valence-corrected chi connectivity index (χ0v) is 13.0. The minimum Gasteiger partial charge on any atom is -0.195 e. The Morgan fingerprint density at radius 1 is 1.16 bits per heavy atom. The van der Waals surface area contributed by atoms with E-state index in [9.17, 15) is 0 Å². The number of fused-ring (bicyclic) bond motifs is 1. The van der Waals surface area contributed by atoms with E-state index < -0.39 is 0 Å². The first-order chi connectivity index (χ1) is 9.13. The predicted octanol–water partition coefficient (Wildman–Crippen LogP) is 4.38. The van der Waals surface area contributed by atoms with E-state index in [-0.39, 0.29) is 0 Å². The third-order valence-corrected chi connectivity index (χ3v) is 4.23. The third-order valence-electron chi connectivity index (χ3n) is 4.23. The maximum absolute atomic E-state index is 2.57. The highest BCUT2D eigenvalue weighted by Crippen LogP contribution is 2.19. The molecule has 1 aliphatic heterocycles. The Labute approximate surface area is 118 Å². The average Bonchev–Trinajstić information content (AvgIpc) is 2.37. The Kier molecular flexibility index (Phi) is 4.79. The summed E-state index contributed by atoms with van der Waals surface area (Å²) in [5.41, 5.74) is 5.88. The van der Waals surface area contributed by atoms with Gasteiger partial charge in [0.25, 0.3) is 0 Å². The zero-order valence-electron chi connectivity index (χ0n) is 13.0. The predicted molar refractivity (Wildman–Crippen MR) is 82.2 cm³/mol. The summed E-state index contributed by atoms with van der Waals surface area (Å²) in [5.74, 6) is 0.660. The fourth-order valence-electron chi connectivity index (χ4n) is 3.14. The average molecular weight is 258 g/mol. The van der Waals surface area contributed by atoms with Gasteiger partial charge in [0.05, 0.1) is 0 Å². The van der Waals surface area contributed by atoms with Crippen molar-refractivity contribution in [2.24, 2.45) is 5.92 Å². The molecule has 19 heavy (non-hydrogen) atoms. The molecule has 2 rings (SSSR count). The summed E-state index contributed by atoms with van der Waals surface area (Å²) in [6, 6.07) is 2.36. The quantitative estimate of drug-likeness (QED) is 0.545. The molecule has 0 amide bonds. The summed E-state index contributed by atoms with van der Waals surface area (Å²) in [5, 5.41) is 0. The van der Waals surface area contributed by atoms with Crippen molar-refractivity contribution in [1.29, 1.82) is 0 Å². The zero-order chi connectivity index (χ0) is 13.8. The first-order valence-electron chi connectivity index (χ1n) is 7.84. The lowest BCUT2D eigenvalue weighted by molar-refractivity contribution is -0.712. The fraction of sp³-hybridized carbons (Fsp3) is 0.611. The van der Waals surface area contributed by atoms with Crippen LogP contribution in [-0.4, -0.2) is 0 Å². The van der Waals surface area contributed by atoms with E-state index in [0.717, 1.165) is 6.54 Å². The number of hydrogen-bond donors (Lipinski definition) is 0. The van der Waals surface area contributed by atoms with Crippen LogP contribution in [0, 0.1) is 19.8 Å². The van der Waals surface area contributed by atoms with Crippen LogP contribution in [0.4, 0.5) is 0 Å². The van der Waals surface area contributed by atoms with Gasteiger partial charge in [-0.3, -0.25) is 0 Å². The lowest BCUT2D eigenvalue weighted by Crippen LogP contribution is -2.46. The Morgan fingerprint density at radius 2 is 1.95 bits per heavy atom. The first-order valence-corrected chi connectivity index (χ1v) is 7.84. The number of unbranched alkanes of at least 4 members (excludes halogenated alkanes) is 3. The molecule has 0 radical (unpaired) electrons. The van der Waals surface area contributed by atoms with Crippen molar-refractivity contribution in [1.82, 2.24) is 0 Å². The molecule has 1 aromatic rings. The van der Waals surface area contributed by atoms with Gasteiger partial charge in [-0.15, -0.1) is 0 Å². The molecule has 1 heteroatoms. The molecular formula is C18H28N+. The molecule has 0 spiro atoms. The standard InChI is InChI=1S/C18H28N/c1-5-6-7-8-9-17-15(3)12-16(4)18-11-10-14(2)13-19(17)18/h10-12,14H,5-9,13H2,1-4H3/q+1. The van der Waals surface area contributed by atoms with Crippen LogP contribution in [0.1, 0.15) is 62.0 Å². The van der Waals surface area contributed by atoms with Crippen molar-refractivity contribution in [2.75, 3.05) is 0 Å². The monoisotopic (exact) mass is 258 g/mol. The highest BCUT2D eigenvalue weighted by molar-refractivity contribution is 5.48. The van der Waals surface area contributed by atoms with E-state index in [1.807, 2.05) is 0 Å². The van der Waals surface area contributed by atoms with Crippen molar-refractivity contribution in [3.63, 3.8) is 0 Å². The summed E-state index contributed by atoms with van der Waals surface area (Å²) in [6.07, 6.45) is 11.3. The lowest BCUT2D eigenvalue weighted by Gasteiger charge is -2.17. The number of pyridine rings is 1. The second kappa shape index (κ2) is 6.36. The molecule has 0 bridgehead atoms. The number of hydrogen-bond acceptors (Lipinski definition) is 0. The van der Waals surface area contributed by atoms with Crippen LogP contribution >= 0.6 is 0 Å². The molecule has 1 atom stereocenters. The molecule has 0 aromatic carbocycles. The van der Waals surface area contributed by atoms with Crippen molar-refractivity contribution in [3.05, 3.63) is 34.7 Å². The summed E-state index contributed by atoms with van der Waals surface area (Å²) in [7, 11) is 0. The molecule has 0 N–H and O–H groups in total. The Balaban J connectivity index is 2.25. The van der Waals surface area contributed by atoms with E-state index in [1.165, 1.54) is 48.9 Å². The maximum Gasteiger partial charge on any atom is 0.208 e. The molecule has 2 heterocycles. The summed E-state index contributed by atoms with van der Waals surface area (Å²) in [6.45, 7) is 10.3. The number of aryl methyl sites for hydroxylation is 2. The molecule has 1 aliphatic rings. The van der Waals surface area contributed by atoms with E-state index in [4.69, 9.17) is 0 Å². The number of aromatic nitrogens is 1. The van der Waals surface area contributed by atoms with Gasteiger partial charge in [0.2, 0.25) is 5.69 Å². The number of allylic oxidation sites excluding steroid dienone is 1. The summed E-state index contributed by atoms with van der Waals surface area (Å²) in [4.78, 5) is 0. The summed E-state index contributed by atoms with van der Waals surface area (Å²) < 4.78 is 2.57. The third kappa shape index (κ3) is 3.26. The SMILES string of the molecule is CCCCCCc1c(C)cc(C)c2[n+]1CC(C)C=C2. The molecule has 104 valence electrons. The minimum absolute atomic E-state index is 0.660. The highest BCUT2D eigenvalue weighted by Gasteiger charge is 2.24. The van der Waals surface area contributed by atoms with Crippen LogP contribution in [-0.2, 0) is 13.0 Å². The van der Waals surface area contributed by atoms with Crippen molar-refractivity contribution in [3.8, 4) is 0 Å². The Bertz CT molecular complexity index is 471. The number of nitrogens with zero attached hydrogens (tertiary/aromatic N) is 1.